The maximum absolute atomic E-state index is 13.6. The minimum Gasteiger partial charge on any atom is -0.454 e. The van der Waals surface area contributed by atoms with Crippen LogP contribution in [0.4, 0.5) is 14.9 Å². The maximum Gasteiger partial charge on any atom is 0.322 e. The Balaban J connectivity index is 1.51. The molecule has 8 nitrogen and oxygen atoms in total. The molecule has 1 aliphatic heterocycles. The summed E-state index contributed by atoms with van der Waals surface area (Å²) < 4.78 is 29.6. The van der Waals surface area contributed by atoms with Crippen LogP contribution in [0.15, 0.2) is 53.9 Å². The summed E-state index contributed by atoms with van der Waals surface area (Å²) in [5.41, 5.74) is 2.29. The number of fused-ring (bicyclic) bond motifs is 1. The summed E-state index contributed by atoms with van der Waals surface area (Å²) in [6.45, 7) is 3.18. The highest BCUT2D eigenvalue weighted by molar-refractivity contribution is 7.10. The monoisotopic (exact) mass is 513 g/mol. The Morgan fingerprint density at radius 1 is 1.08 bits per heavy atom. The molecule has 0 aliphatic carbocycles. The van der Waals surface area contributed by atoms with Gasteiger partial charge in [0.25, 0.3) is 0 Å². The van der Waals surface area contributed by atoms with Crippen LogP contribution in [0.25, 0.3) is 0 Å². The number of nitrogens with one attached hydrogen (secondary N) is 1. The third-order valence-corrected chi connectivity index (χ3v) is 6.73. The average molecular weight is 514 g/mol. The lowest BCUT2D eigenvalue weighted by molar-refractivity contribution is -0.133. The quantitative estimate of drug-likeness (QED) is 0.428. The normalized spacial score (nSPS) is 11.9. The van der Waals surface area contributed by atoms with Gasteiger partial charge in [-0.05, 0) is 59.8 Å². The summed E-state index contributed by atoms with van der Waals surface area (Å²) in [6.07, 6.45) is 0. The van der Waals surface area contributed by atoms with E-state index in [9.17, 15) is 14.0 Å². The van der Waals surface area contributed by atoms with Gasteiger partial charge in [0, 0.05) is 30.8 Å². The first-order chi connectivity index (χ1) is 17.4. The number of ether oxygens (including phenoxy) is 3. The van der Waals surface area contributed by atoms with Gasteiger partial charge in [0.2, 0.25) is 12.7 Å². The minimum absolute atomic E-state index is 0.167. The largest absolute Gasteiger partial charge is 0.454 e. The van der Waals surface area contributed by atoms with Crippen LogP contribution in [0.5, 0.6) is 11.5 Å². The van der Waals surface area contributed by atoms with Gasteiger partial charge in [-0.15, -0.1) is 11.3 Å². The number of hydrogen-bond acceptors (Lipinski definition) is 6. The van der Waals surface area contributed by atoms with Crippen molar-refractivity contribution >= 4 is 29.0 Å². The Bertz CT molecular complexity index is 1220. The Morgan fingerprint density at radius 2 is 1.92 bits per heavy atom. The predicted molar refractivity (Wildman–Crippen MR) is 135 cm³/mol. The molecule has 36 heavy (non-hydrogen) atoms. The van der Waals surface area contributed by atoms with Crippen LogP contribution in [0, 0.1) is 12.7 Å². The van der Waals surface area contributed by atoms with Crippen LogP contribution in [0.1, 0.15) is 16.0 Å². The Kier molecular flexibility index (Phi) is 8.40. The zero-order chi connectivity index (χ0) is 25.5. The van der Waals surface area contributed by atoms with E-state index in [1.54, 1.807) is 22.3 Å². The first-order valence-electron chi connectivity index (χ1n) is 11.4. The molecule has 0 bridgehead atoms. The molecule has 0 saturated carbocycles. The van der Waals surface area contributed by atoms with Gasteiger partial charge in [0.1, 0.15) is 12.4 Å². The number of amides is 3. The van der Waals surface area contributed by atoms with Crippen LogP contribution < -0.4 is 14.8 Å². The molecule has 1 aliphatic rings. The van der Waals surface area contributed by atoms with E-state index in [1.165, 1.54) is 30.2 Å². The predicted octanol–water partition coefficient (Wildman–Crippen LogP) is 4.63. The van der Waals surface area contributed by atoms with Crippen molar-refractivity contribution in [3.63, 3.8) is 0 Å². The van der Waals surface area contributed by atoms with Crippen LogP contribution in [0.3, 0.4) is 0 Å². The number of thiophene rings is 1. The number of carbonyl (C=O) groups excluding carboxylic acids is 2. The van der Waals surface area contributed by atoms with Gasteiger partial charge in [0.05, 0.1) is 13.2 Å². The molecule has 1 N–H and O–H groups in total. The summed E-state index contributed by atoms with van der Waals surface area (Å²) in [7, 11) is 1.52. The summed E-state index contributed by atoms with van der Waals surface area (Å²) in [5.74, 6) is 0.619. The van der Waals surface area contributed by atoms with Crippen LogP contribution in [0.2, 0.25) is 0 Å². The van der Waals surface area contributed by atoms with Crippen molar-refractivity contribution in [3.8, 4) is 11.5 Å². The Morgan fingerprint density at radius 3 is 2.67 bits per heavy atom. The molecular formula is C26H28FN3O5S. The lowest BCUT2D eigenvalue weighted by atomic mass is 10.1. The second-order valence-corrected chi connectivity index (χ2v) is 9.32. The number of halogens is 1. The van der Waals surface area contributed by atoms with Gasteiger partial charge >= 0.3 is 6.03 Å². The molecule has 3 amide bonds. The molecule has 10 heteroatoms. The maximum atomic E-state index is 13.6. The topological polar surface area (TPSA) is 80.3 Å². The first kappa shape index (κ1) is 25.5. The van der Waals surface area contributed by atoms with E-state index in [2.05, 4.69) is 5.32 Å². The van der Waals surface area contributed by atoms with Crippen LogP contribution in [-0.2, 0) is 22.6 Å². The lowest BCUT2D eigenvalue weighted by Crippen LogP contribution is -2.45. The van der Waals surface area contributed by atoms with Crippen molar-refractivity contribution in [1.29, 1.82) is 0 Å². The average Bonchev–Trinajstić information content (AvgIpc) is 3.49. The number of aryl methyl sites for hydroxylation is 1. The summed E-state index contributed by atoms with van der Waals surface area (Å²) >= 11 is 1.58. The number of urea groups is 1. The standard InChI is InChI=1S/C26H28FN3O5S/c1-18-8-11-36-24(18)15-30(14-19-6-7-22-23(12-19)35-17-34-22)25(31)16-29(9-10-33-2)26(32)28-21-5-3-4-20(27)13-21/h3-8,11-13H,9-10,14-17H2,1-2H3,(H,28,32). The zero-order valence-corrected chi connectivity index (χ0v) is 21.0. The molecule has 190 valence electrons. The van der Waals surface area contributed by atoms with Crippen molar-refractivity contribution < 1.29 is 28.2 Å². The number of anilines is 1. The summed E-state index contributed by atoms with van der Waals surface area (Å²) in [4.78, 5) is 30.7. The van der Waals surface area contributed by atoms with E-state index < -0.39 is 11.8 Å². The van der Waals surface area contributed by atoms with Crippen LogP contribution in [-0.4, -0.2) is 55.3 Å². The Labute approximate surface area is 213 Å². The molecule has 0 fully saturated rings. The van der Waals surface area contributed by atoms with E-state index in [-0.39, 0.29) is 32.4 Å². The van der Waals surface area contributed by atoms with E-state index in [4.69, 9.17) is 14.2 Å². The molecule has 2 heterocycles. The first-order valence-corrected chi connectivity index (χ1v) is 12.3. The highest BCUT2D eigenvalue weighted by Crippen LogP contribution is 2.33. The van der Waals surface area contributed by atoms with Gasteiger partial charge in [0.15, 0.2) is 11.5 Å². The van der Waals surface area contributed by atoms with Crippen molar-refractivity contribution in [2.75, 3.05) is 38.9 Å². The molecular weight excluding hydrogens is 485 g/mol. The molecule has 1 aromatic heterocycles. The van der Waals surface area contributed by atoms with Crippen molar-refractivity contribution in [1.82, 2.24) is 9.80 Å². The molecule has 2 aromatic carbocycles. The van der Waals surface area contributed by atoms with E-state index in [0.29, 0.717) is 30.3 Å². The van der Waals surface area contributed by atoms with Gasteiger partial charge in [-0.25, -0.2) is 9.18 Å². The molecule has 3 aromatic rings. The lowest BCUT2D eigenvalue weighted by Gasteiger charge is -2.28. The fourth-order valence-electron chi connectivity index (χ4n) is 3.72. The highest BCUT2D eigenvalue weighted by Gasteiger charge is 2.24. The van der Waals surface area contributed by atoms with Crippen molar-refractivity contribution in [2.24, 2.45) is 0 Å². The molecule has 0 radical (unpaired) electrons. The third kappa shape index (κ3) is 6.52. The molecule has 0 saturated heterocycles. The fraction of sp³-hybridized carbons (Fsp3) is 0.308. The van der Waals surface area contributed by atoms with Crippen molar-refractivity contribution in [2.45, 2.75) is 20.0 Å². The fourth-order valence-corrected chi connectivity index (χ4v) is 4.64. The zero-order valence-electron chi connectivity index (χ0n) is 20.2. The van der Waals surface area contributed by atoms with Gasteiger partial charge in [-0.2, -0.15) is 0 Å². The van der Waals surface area contributed by atoms with E-state index in [0.717, 1.165) is 16.0 Å². The number of nitrogens with zero attached hydrogens (tertiary/aromatic N) is 2. The van der Waals surface area contributed by atoms with Gasteiger partial charge in [-0.1, -0.05) is 12.1 Å². The third-order valence-electron chi connectivity index (χ3n) is 5.72. The number of rotatable bonds is 10. The van der Waals surface area contributed by atoms with Crippen LogP contribution >= 0.6 is 11.3 Å². The number of methoxy groups -OCH3 is 1. The number of benzene rings is 2. The van der Waals surface area contributed by atoms with E-state index >= 15 is 0 Å². The Hall–Kier alpha value is -3.63. The van der Waals surface area contributed by atoms with Gasteiger partial charge in [-0.3, -0.25) is 4.79 Å². The van der Waals surface area contributed by atoms with E-state index in [1.807, 2.05) is 36.6 Å². The highest BCUT2D eigenvalue weighted by atomic mass is 32.1. The summed E-state index contributed by atoms with van der Waals surface area (Å²) in [6, 6.07) is 12.7. The summed E-state index contributed by atoms with van der Waals surface area (Å²) in [5, 5.41) is 4.65. The SMILES string of the molecule is COCCN(CC(=O)N(Cc1ccc2c(c1)OCO2)Cc1sccc1C)C(=O)Nc1cccc(F)c1. The molecule has 0 spiro atoms. The second-order valence-electron chi connectivity index (χ2n) is 8.32. The number of hydrogen-bond donors (Lipinski definition) is 1. The molecule has 0 unspecified atom stereocenters. The molecule has 0 atom stereocenters. The second kappa shape index (κ2) is 11.9. The smallest absolute Gasteiger partial charge is 0.322 e. The molecule has 4 rings (SSSR count). The van der Waals surface area contributed by atoms with Crippen molar-refractivity contribution in [3.05, 3.63) is 75.7 Å². The van der Waals surface area contributed by atoms with Gasteiger partial charge < -0.3 is 29.3 Å². The number of carbonyl (C=O) groups is 2. The minimum atomic E-state index is -0.513.